The third kappa shape index (κ3) is 5.15. The van der Waals surface area contributed by atoms with Crippen LogP contribution in [0.3, 0.4) is 0 Å². The van der Waals surface area contributed by atoms with Gasteiger partial charge in [-0.3, -0.25) is 9.69 Å². The number of carbonyl (C=O) groups is 1. The summed E-state index contributed by atoms with van der Waals surface area (Å²) >= 11 is 0. The van der Waals surface area contributed by atoms with Gasteiger partial charge in [0, 0.05) is 45.7 Å². The minimum absolute atomic E-state index is 0.251. The molecule has 1 N–H and O–H groups in total. The first-order valence-corrected chi connectivity index (χ1v) is 5.78. The largest absolute Gasteiger partial charge is 0.481 e. The molecule has 0 bridgehead atoms. The number of hydrogen-bond acceptors (Lipinski definition) is 3. The van der Waals surface area contributed by atoms with E-state index in [4.69, 9.17) is 5.11 Å². The Balaban J connectivity index is 2.12. The van der Waals surface area contributed by atoms with Crippen LogP contribution < -0.4 is 0 Å². The summed E-state index contributed by atoms with van der Waals surface area (Å²) in [6, 6.07) is 0. The van der Waals surface area contributed by atoms with Gasteiger partial charge in [0.1, 0.15) is 0 Å². The van der Waals surface area contributed by atoms with Gasteiger partial charge in [0.2, 0.25) is 0 Å². The lowest BCUT2D eigenvalue weighted by molar-refractivity contribution is -0.137. The summed E-state index contributed by atoms with van der Waals surface area (Å²) in [4.78, 5) is 15.0. The van der Waals surface area contributed by atoms with E-state index in [0.717, 1.165) is 39.1 Å². The molecule has 1 saturated heterocycles. The van der Waals surface area contributed by atoms with E-state index in [1.54, 1.807) is 0 Å². The van der Waals surface area contributed by atoms with Crippen molar-refractivity contribution in [1.82, 2.24) is 9.80 Å². The summed E-state index contributed by atoms with van der Waals surface area (Å²) in [5.41, 5.74) is 0. The van der Waals surface area contributed by atoms with Crippen LogP contribution in [-0.4, -0.2) is 60.1 Å². The first-order valence-electron chi connectivity index (χ1n) is 5.78. The standard InChI is InChI=1S/C12H20N2O2/c1-2-3-4-6-13-8-10-14(11-9-13)7-5-12(15)16/h4-11H2,1H3,(H,15,16). The fourth-order valence-corrected chi connectivity index (χ4v) is 1.83. The maximum atomic E-state index is 10.4. The maximum Gasteiger partial charge on any atom is 0.304 e. The van der Waals surface area contributed by atoms with Crippen molar-refractivity contribution < 1.29 is 9.90 Å². The predicted octanol–water partition coefficient (Wildman–Crippen LogP) is 0.492. The summed E-state index contributed by atoms with van der Waals surface area (Å²) in [5, 5.41) is 8.59. The van der Waals surface area contributed by atoms with E-state index < -0.39 is 5.97 Å². The monoisotopic (exact) mass is 224 g/mol. The highest BCUT2D eigenvalue weighted by atomic mass is 16.4. The van der Waals surface area contributed by atoms with Crippen molar-refractivity contribution in [2.75, 3.05) is 39.3 Å². The molecule has 0 aromatic rings. The fraction of sp³-hybridized carbons (Fsp3) is 0.750. The molecule has 0 saturated carbocycles. The van der Waals surface area contributed by atoms with Crippen LogP contribution in [-0.2, 0) is 4.79 Å². The summed E-state index contributed by atoms with van der Waals surface area (Å²) in [5.74, 6) is 5.25. The Morgan fingerprint density at radius 2 is 1.75 bits per heavy atom. The van der Waals surface area contributed by atoms with Crippen LogP contribution in [0.25, 0.3) is 0 Å². The molecule has 1 fully saturated rings. The van der Waals surface area contributed by atoms with E-state index in [1.807, 2.05) is 6.92 Å². The molecule has 1 aliphatic heterocycles. The highest BCUT2D eigenvalue weighted by Gasteiger charge is 2.16. The summed E-state index contributed by atoms with van der Waals surface area (Å²) in [6.07, 6.45) is 1.19. The molecule has 0 unspecified atom stereocenters. The van der Waals surface area contributed by atoms with Gasteiger partial charge in [-0.2, -0.15) is 0 Å². The van der Waals surface area contributed by atoms with Gasteiger partial charge in [0.05, 0.1) is 6.42 Å². The molecule has 0 aliphatic carbocycles. The lowest BCUT2D eigenvalue weighted by Crippen LogP contribution is -2.46. The molecule has 0 amide bonds. The van der Waals surface area contributed by atoms with Gasteiger partial charge in [0.25, 0.3) is 0 Å². The molecule has 1 rings (SSSR count). The Morgan fingerprint density at radius 1 is 1.19 bits per heavy atom. The smallest absolute Gasteiger partial charge is 0.304 e. The Labute approximate surface area is 97.2 Å². The molecule has 0 spiro atoms. The first-order chi connectivity index (χ1) is 7.72. The summed E-state index contributed by atoms with van der Waals surface area (Å²) < 4.78 is 0. The van der Waals surface area contributed by atoms with Crippen molar-refractivity contribution in [1.29, 1.82) is 0 Å². The Hall–Kier alpha value is -1.05. The molecular formula is C12H20N2O2. The molecule has 90 valence electrons. The third-order valence-electron chi connectivity index (χ3n) is 2.84. The lowest BCUT2D eigenvalue weighted by Gasteiger charge is -2.34. The molecule has 0 aromatic carbocycles. The van der Waals surface area contributed by atoms with Gasteiger partial charge in [-0.05, 0) is 6.92 Å². The highest BCUT2D eigenvalue weighted by Crippen LogP contribution is 2.02. The minimum Gasteiger partial charge on any atom is -0.481 e. The Bertz CT molecular complexity index is 272. The van der Waals surface area contributed by atoms with Crippen molar-refractivity contribution in [2.45, 2.75) is 19.8 Å². The third-order valence-corrected chi connectivity index (χ3v) is 2.84. The number of piperazine rings is 1. The molecule has 0 radical (unpaired) electrons. The van der Waals surface area contributed by atoms with E-state index in [9.17, 15) is 4.79 Å². The number of rotatable bonds is 5. The molecule has 1 heterocycles. The second-order valence-corrected chi connectivity index (χ2v) is 4.00. The van der Waals surface area contributed by atoms with E-state index in [1.165, 1.54) is 0 Å². The molecule has 16 heavy (non-hydrogen) atoms. The molecule has 1 aliphatic rings. The first kappa shape index (κ1) is 13.0. The van der Waals surface area contributed by atoms with Crippen molar-refractivity contribution in [2.24, 2.45) is 0 Å². The van der Waals surface area contributed by atoms with E-state index in [2.05, 4.69) is 21.6 Å². The Kier molecular flexibility index (Phi) is 5.91. The fourth-order valence-electron chi connectivity index (χ4n) is 1.83. The number of hydrogen-bond donors (Lipinski definition) is 1. The van der Waals surface area contributed by atoms with Gasteiger partial charge in [0.15, 0.2) is 0 Å². The minimum atomic E-state index is -0.708. The highest BCUT2D eigenvalue weighted by molar-refractivity contribution is 5.66. The SMILES string of the molecule is CC#CCCN1CCN(CCC(=O)O)CC1. The van der Waals surface area contributed by atoms with Crippen LogP contribution in [0.4, 0.5) is 0 Å². The number of carboxylic acid groups (broad SMARTS) is 1. The van der Waals surface area contributed by atoms with Crippen LogP contribution in [0.5, 0.6) is 0 Å². The molecule has 0 aromatic heterocycles. The molecule has 0 atom stereocenters. The van der Waals surface area contributed by atoms with E-state index in [0.29, 0.717) is 6.54 Å². The van der Waals surface area contributed by atoms with Crippen LogP contribution in [0.1, 0.15) is 19.8 Å². The zero-order valence-corrected chi connectivity index (χ0v) is 9.91. The average molecular weight is 224 g/mol. The summed E-state index contributed by atoms with van der Waals surface area (Å²) in [7, 11) is 0. The van der Waals surface area contributed by atoms with Crippen LogP contribution in [0.15, 0.2) is 0 Å². The molecule has 4 heteroatoms. The zero-order valence-electron chi connectivity index (χ0n) is 9.91. The van der Waals surface area contributed by atoms with Crippen molar-refractivity contribution >= 4 is 5.97 Å². The van der Waals surface area contributed by atoms with Crippen LogP contribution >= 0.6 is 0 Å². The second-order valence-electron chi connectivity index (χ2n) is 4.00. The maximum absolute atomic E-state index is 10.4. The number of aliphatic carboxylic acids is 1. The van der Waals surface area contributed by atoms with Gasteiger partial charge in [-0.25, -0.2) is 0 Å². The average Bonchev–Trinajstić information content (AvgIpc) is 2.28. The number of carboxylic acids is 1. The summed E-state index contributed by atoms with van der Waals surface area (Å²) in [6.45, 7) is 7.60. The molecule has 4 nitrogen and oxygen atoms in total. The van der Waals surface area contributed by atoms with Gasteiger partial charge in [-0.15, -0.1) is 11.8 Å². The van der Waals surface area contributed by atoms with E-state index in [-0.39, 0.29) is 6.42 Å². The van der Waals surface area contributed by atoms with E-state index >= 15 is 0 Å². The van der Waals surface area contributed by atoms with Gasteiger partial charge >= 0.3 is 5.97 Å². The topological polar surface area (TPSA) is 43.8 Å². The van der Waals surface area contributed by atoms with Crippen molar-refractivity contribution in [3.8, 4) is 11.8 Å². The van der Waals surface area contributed by atoms with Gasteiger partial charge < -0.3 is 10.0 Å². The number of nitrogens with zero attached hydrogens (tertiary/aromatic N) is 2. The lowest BCUT2D eigenvalue weighted by atomic mass is 10.2. The normalized spacial score (nSPS) is 17.8. The van der Waals surface area contributed by atoms with Crippen molar-refractivity contribution in [3.63, 3.8) is 0 Å². The second kappa shape index (κ2) is 7.26. The quantitative estimate of drug-likeness (QED) is 0.690. The van der Waals surface area contributed by atoms with Crippen molar-refractivity contribution in [3.05, 3.63) is 0 Å². The van der Waals surface area contributed by atoms with Crippen LogP contribution in [0, 0.1) is 11.8 Å². The predicted molar refractivity (Wildman–Crippen MR) is 63.2 cm³/mol. The zero-order chi connectivity index (χ0) is 11.8. The van der Waals surface area contributed by atoms with Crippen LogP contribution in [0.2, 0.25) is 0 Å². The molecular weight excluding hydrogens is 204 g/mol. The van der Waals surface area contributed by atoms with Gasteiger partial charge in [-0.1, -0.05) is 0 Å². The Morgan fingerprint density at radius 3 is 2.25 bits per heavy atom.